The second kappa shape index (κ2) is 7.89. The van der Waals surface area contributed by atoms with Crippen molar-refractivity contribution in [2.24, 2.45) is 0 Å². The highest BCUT2D eigenvalue weighted by Gasteiger charge is 2.19. The quantitative estimate of drug-likeness (QED) is 0.830. The van der Waals surface area contributed by atoms with Crippen LogP contribution in [0, 0.1) is 0 Å². The Morgan fingerprint density at radius 3 is 2.36 bits per heavy atom. The molecule has 1 N–H and O–H groups in total. The molecule has 3 rings (SSSR count). The van der Waals surface area contributed by atoms with Gasteiger partial charge in [0.15, 0.2) is 0 Å². The highest BCUT2D eigenvalue weighted by Crippen LogP contribution is 2.29. The van der Waals surface area contributed by atoms with E-state index >= 15 is 0 Å². The second-order valence-corrected chi connectivity index (χ2v) is 6.77. The number of carbonyl (C=O) groups is 2. The largest absolute Gasteiger partial charge is 0.339 e. The van der Waals surface area contributed by atoms with E-state index in [-0.39, 0.29) is 16.8 Å². The van der Waals surface area contributed by atoms with Gasteiger partial charge in [0.2, 0.25) is 0 Å². The van der Waals surface area contributed by atoms with E-state index in [1.54, 1.807) is 42.5 Å². The maximum absolute atomic E-state index is 12.6. The van der Waals surface area contributed by atoms with Crippen molar-refractivity contribution in [2.45, 2.75) is 19.3 Å². The van der Waals surface area contributed by atoms with E-state index < -0.39 is 0 Å². The molecule has 1 aliphatic rings. The van der Waals surface area contributed by atoms with Crippen LogP contribution in [0.15, 0.2) is 42.5 Å². The summed E-state index contributed by atoms with van der Waals surface area (Å²) in [7, 11) is 0. The number of nitrogens with zero attached hydrogens (tertiary/aromatic N) is 1. The zero-order valence-corrected chi connectivity index (χ0v) is 15.1. The lowest BCUT2D eigenvalue weighted by atomic mass is 10.1. The summed E-state index contributed by atoms with van der Waals surface area (Å²) in [6, 6.07) is 11.8. The second-order valence-electron chi connectivity index (χ2n) is 5.99. The Labute approximate surface area is 156 Å². The number of hydrogen-bond donors (Lipinski definition) is 1. The monoisotopic (exact) mass is 376 g/mol. The standard InChI is InChI=1S/C19H18Cl2N2O2/c20-15-8-5-9-16(17(15)21)22-18(24)13-6-4-7-14(12-13)19(25)23-10-2-1-3-11-23/h4-9,12H,1-3,10-11H2,(H,22,24). The molecule has 2 aromatic carbocycles. The molecular weight excluding hydrogens is 359 g/mol. The Morgan fingerprint density at radius 1 is 0.920 bits per heavy atom. The third-order valence-electron chi connectivity index (χ3n) is 4.21. The summed E-state index contributed by atoms with van der Waals surface area (Å²) in [4.78, 5) is 26.9. The highest BCUT2D eigenvalue weighted by molar-refractivity contribution is 6.44. The highest BCUT2D eigenvalue weighted by atomic mass is 35.5. The molecule has 1 saturated heterocycles. The Balaban J connectivity index is 1.77. The molecule has 0 spiro atoms. The molecule has 0 unspecified atom stereocenters. The predicted octanol–water partition coefficient (Wildman–Crippen LogP) is 4.87. The van der Waals surface area contributed by atoms with Gasteiger partial charge in [0.1, 0.15) is 0 Å². The molecule has 6 heteroatoms. The molecule has 4 nitrogen and oxygen atoms in total. The number of benzene rings is 2. The Hall–Kier alpha value is -2.04. The average molecular weight is 377 g/mol. The summed E-state index contributed by atoms with van der Waals surface area (Å²) in [6.07, 6.45) is 3.21. The van der Waals surface area contributed by atoms with Gasteiger partial charge in [-0.25, -0.2) is 0 Å². The van der Waals surface area contributed by atoms with Crippen LogP contribution in [0.3, 0.4) is 0 Å². The molecule has 0 aromatic heterocycles. The van der Waals surface area contributed by atoms with Crippen molar-refractivity contribution in [3.63, 3.8) is 0 Å². The van der Waals surface area contributed by atoms with E-state index in [9.17, 15) is 9.59 Å². The summed E-state index contributed by atoms with van der Waals surface area (Å²) in [6.45, 7) is 1.54. The zero-order chi connectivity index (χ0) is 17.8. The van der Waals surface area contributed by atoms with E-state index in [1.807, 2.05) is 4.90 Å². The van der Waals surface area contributed by atoms with E-state index in [0.29, 0.717) is 21.8 Å². The van der Waals surface area contributed by atoms with Crippen molar-refractivity contribution in [2.75, 3.05) is 18.4 Å². The van der Waals surface area contributed by atoms with Gasteiger partial charge in [-0.05, 0) is 49.6 Å². The first kappa shape index (κ1) is 17.8. The summed E-state index contributed by atoms with van der Waals surface area (Å²) in [5.41, 5.74) is 1.36. The van der Waals surface area contributed by atoms with E-state index in [4.69, 9.17) is 23.2 Å². The molecule has 1 fully saturated rings. The molecule has 0 atom stereocenters. The average Bonchev–Trinajstić information content (AvgIpc) is 2.65. The van der Waals surface area contributed by atoms with E-state index in [0.717, 1.165) is 32.4 Å². The van der Waals surface area contributed by atoms with Crippen LogP contribution in [0.4, 0.5) is 5.69 Å². The van der Waals surface area contributed by atoms with Gasteiger partial charge in [0.05, 0.1) is 15.7 Å². The lowest BCUT2D eigenvalue weighted by Crippen LogP contribution is -2.35. The van der Waals surface area contributed by atoms with E-state index in [1.165, 1.54) is 0 Å². The molecule has 1 heterocycles. The molecule has 0 aliphatic carbocycles. The number of halogens is 2. The minimum absolute atomic E-state index is 0.0323. The number of likely N-dealkylation sites (tertiary alicyclic amines) is 1. The number of anilines is 1. The van der Waals surface area contributed by atoms with Crippen molar-refractivity contribution in [1.29, 1.82) is 0 Å². The number of hydrogen-bond acceptors (Lipinski definition) is 2. The minimum atomic E-state index is -0.336. The van der Waals surface area contributed by atoms with Crippen molar-refractivity contribution in [1.82, 2.24) is 4.90 Å². The first-order chi connectivity index (χ1) is 12.1. The molecule has 2 aromatic rings. The smallest absolute Gasteiger partial charge is 0.255 e. The maximum atomic E-state index is 12.6. The fourth-order valence-electron chi connectivity index (χ4n) is 2.87. The fourth-order valence-corrected chi connectivity index (χ4v) is 3.22. The van der Waals surface area contributed by atoms with Crippen molar-refractivity contribution in [3.05, 3.63) is 63.6 Å². The SMILES string of the molecule is O=C(Nc1cccc(Cl)c1Cl)c1cccc(C(=O)N2CCCCC2)c1. The Bertz CT molecular complexity index is 802. The summed E-state index contributed by atoms with van der Waals surface area (Å²) < 4.78 is 0. The normalized spacial score (nSPS) is 14.2. The molecule has 0 bridgehead atoms. The first-order valence-electron chi connectivity index (χ1n) is 8.21. The summed E-state index contributed by atoms with van der Waals surface area (Å²) in [5.74, 6) is -0.368. The Kier molecular flexibility index (Phi) is 5.61. The van der Waals surface area contributed by atoms with Crippen LogP contribution in [0.2, 0.25) is 10.0 Å². The summed E-state index contributed by atoms with van der Waals surface area (Å²) >= 11 is 12.1. The molecule has 0 saturated carbocycles. The molecular formula is C19H18Cl2N2O2. The van der Waals surface area contributed by atoms with Gasteiger partial charge in [-0.2, -0.15) is 0 Å². The van der Waals surface area contributed by atoms with Gasteiger partial charge < -0.3 is 10.2 Å². The first-order valence-corrected chi connectivity index (χ1v) is 8.96. The lowest BCUT2D eigenvalue weighted by Gasteiger charge is -2.26. The number of nitrogens with one attached hydrogen (secondary N) is 1. The van der Waals surface area contributed by atoms with Crippen molar-refractivity contribution >= 4 is 40.7 Å². The van der Waals surface area contributed by atoms with Crippen LogP contribution in [0.25, 0.3) is 0 Å². The van der Waals surface area contributed by atoms with Crippen LogP contribution in [0.5, 0.6) is 0 Å². The molecule has 0 radical (unpaired) electrons. The van der Waals surface area contributed by atoms with Gasteiger partial charge in [0.25, 0.3) is 11.8 Å². The van der Waals surface area contributed by atoms with Gasteiger partial charge in [-0.1, -0.05) is 35.3 Å². The Morgan fingerprint density at radius 2 is 1.60 bits per heavy atom. The number of rotatable bonds is 3. The van der Waals surface area contributed by atoms with Crippen LogP contribution in [0.1, 0.15) is 40.0 Å². The molecule has 130 valence electrons. The minimum Gasteiger partial charge on any atom is -0.339 e. The fraction of sp³-hybridized carbons (Fsp3) is 0.263. The van der Waals surface area contributed by atoms with Gasteiger partial charge in [-0.3, -0.25) is 9.59 Å². The van der Waals surface area contributed by atoms with Gasteiger partial charge in [-0.15, -0.1) is 0 Å². The topological polar surface area (TPSA) is 49.4 Å². The third-order valence-corrected chi connectivity index (χ3v) is 5.03. The molecule has 2 amide bonds. The molecule has 1 aliphatic heterocycles. The van der Waals surface area contributed by atoms with Crippen molar-refractivity contribution in [3.8, 4) is 0 Å². The van der Waals surface area contributed by atoms with Crippen LogP contribution < -0.4 is 5.32 Å². The number of amides is 2. The van der Waals surface area contributed by atoms with Crippen LogP contribution in [-0.2, 0) is 0 Å². The third kappa shape index (κ3) is 4.14. The number of carbonyl (C=O) groups excluding carboxylic acids is 2. The lowest BCUT2D eigenvalue weighted by molar-refractivity contribution is 0.0724. The number of piperidine rings is 1. The predicted molar refractivity (Wildman–Crippen MR) is 101 cm³/mol. The zero-order valence-electron chi connectivity index (χ0n) is 13.6. The van der Waals surface area contributed by atoms with Crippen LogP contribution in [-0.4, -0.2) is 29.8 Å². The van der Waals surface area contributed by atoms with Crippen LogP contribution >= 0.6 is 23.2 Å². The summed E-state index contributed by atoms with van der Waals surface area (Å²) in [5, 5.41) is 3.39. The maximum Gasteiger partial charge on any atom is 0.255 e. The van der Waals surface area contributed by atoms with Gasteiger partial charge >= 0.3 is 0 Å². The molecule has 25 heavy (non-hydrogen) atoms. The van der Waals surface area contributed by atoms with Crippen molar-refractivity contribution < 1.29 is 9.59 Å². The van der Waals surface area contributed by atoms with E-state index in [2.05, 4.69) is 5.32 Å². The van der Waals surface area contributed by atoms with Gasteiger partial charge in [0, 0.05) is 24.2 Å².